The summed E-state index contributed by atoms with van der Waals surface area (Å²) in [4.78, 5) is 27.2. The summed E-state index contributed by atoms with van der Waals surface area (Å²) in [5.74, 6) is -0.455. The van der Waals surface area contributed by atoms with Crippen LogP contribution in [0.1, 0.15) is 72.4 Å². The summed E-state index contributed by atoms with van der Waals surface area (Å²) in [5.41, 5.74) is 5.99. The van der Waals surface area contributed by atoms with Crippen LogP contribution in [0.4, 0.5) is 0 Å². The molecule has 0 saturated carbocycles. The van der Waals surface area contributed by atoms with Crippen molar-refractivity contribution in [3.05, 3.63) is 82.9 Å². The molecule has 0 aromatic heterocycles. The van der Waals surface area contributed by atoms with Crippen LogP contribution in [-0.2, 0) is 0 Å². The van der Waals surface area contributed by atoms with Crippen LogP contribution in [0.5, 0.6) is 0 Å². The van der Waals surface area contributed by atoms with Crippen molar-refractivity contribution in [3.8, 4) is 0 Å². The van der Waals surface area contributed by atoms with Gasteiger partial charge in [0.05, 0.1) is 6.04 Å². The molecule has 3 aromatic carbocycles. The first-order valence-electron chi connectivity index (χ1n) is 11.3. The molecule has 0 aliphatic heterocycles. The van der Waals surface area contributed by atoms with Crippen LogP contribution in [0.25, 0.3) is 10.8 Å². The summed E-state index contributed by atoms with van der Waals surface area (Å²) in [6.45, 7) is 12.4. The molecule has 1 atom stereocenters. The zero-order chi connectivity index (χ0) is 23.5. The molecule has 0 aliphatic carbocycles. The average molecular weight is 431 g/mol. The van der Waals surface area contributed by atoms with Gasteiger partial charge in [-0.05, 0) is 54.7 Å². The van der Waals surface area contributed by atoms with Crippen LogP contribution in [0.15, 0.2) is 60.7 Å². The maximum absolute atomic E-state index is 13.8. The van der Waals surface area contributed by atoms with E-state index in [1.165, 1.54) is 0 Å². The molecule has 1 N–H and O–H groups in total. The molecule has 0 saturated heterocycles. The van der Waals surface area contributed by atoms with Crippen LogP contribution >= 0.6 is 0 Å². The Morgan fingerprint density at radius 2 is 1.56 bits per heavy atom. The second-order valence-electron chi connectivity index (χ2n) is 9.69. The number of carbonyl (C=O) groups is 2. The first kappa shape index (κ1) is 23.5. The van der Waals surface area contributed by atoms with Crippen molar-refractivity contribution in [3.63, 3.8) is 0 Å². The first-order valence-corrected chi connectivity index (χ1v) is 11.3. The van der Waals surface area contributed by atoms with E-state index < -0.39 is 0 Å². The Bertz CT molecular complexity index is 1100. The Morgan fingerprint density at radius 1 is 0.938 bits per heavy atom. The fourth-order valence-electron chi connectivity index (χ4n) is 4.32. The number of benzene rings is 3. The van der Waals surface area contributed by atoms with Gasteiger partial charge in [0.2, 0.25) is 0 Å². The Labute approximate surface area is 191 Å². The van der Waals surface area contributed by atoms with E-state index in [9.17, 15) is 9.59 Å². The van der Waals surface area contributed by atoms with E-state index in [0.717, 1.165) is 34.7 Å². The van der Waals surface area contributed by atoms with E-state index in [2.05, 4.69) is 33.1 Å². The van der Waals surface area contributed by atoms with Gasteiger partial charge in [0.15, 0.2) is 0 Å². The highest BCUT2D eigenvalue weighted by Crippen LogP contribution is 2.29. The lowest BCUT2D eigenvalue weighted by atomic mass is 9.83. The van der Waals surface area contributed by atoms with Crippen molar-refractivity contribution >= 4 is 22.6 Å². The second-order valence-corrected chi connectivity index (χ2v) is 9.69. The minimum atomic E-state index is -0.273. The van der Waals surface area contributed by atoms with Crippen molar-refractivity contribution in [1.29, 1.82) is 0 Å². The van der Waals surface area contributed by atoms with Crippen LogP contribution in [0, 0.1) is 19.3 Å². The first-order chi connectivity index (χ1) is 15.1. The molecular weight excluding hydrogens is 396 g/mol. The number of hydrogen-bond donors (Lipinski definition) is 1. The van der Waals surface area contributed by atoms with E-state index in [-0.39, 0.29) is 23.3 Å². The van der Waals surface area contributed by atoms with E-state index in [1.807, 2.05) is 74.5 Å². The third-order valence-electron chi connectivity index (χ3n) is 5.82. The molecule has 4 nitrogen and oxygen atoms in total. The van der Waals surface area contributed by atoms with Crippen molar-refractivity contribution in [1.82, 2.24) is 10.4 Å². The van der Waals surface area contributed by atoms with E-state index in [4.69, 9.17) is 0 Å². The molecule has 0 spiro atoms. The monoisotopic (exact) mass is 430 g/mol. The molecule has 0 fully saturated rings. The van der Waals surface area contributed by atoms with Gasteiger partial charge in [-0.1, -0.05) is 87.7 Å². The molecule has 32 heavy (non-hydrogen) atoms. The van der Waals surface area contributed by atoms with Gasteiger partial charge in [-0.15, -0.1) is 0 Å². The summed E-state index contributed by atoms with van der Waals surface area (Å²) in [6.07, 6.45) is 1.69. The minimum Gasteiger partial charge on any atom is -0.267 e. The number of carbonyl (C=O) groups excluding carboxylic acids is 2. The van der Waals surface area contributed by atoms with Crippen LogP contribution in [0.3, 0.4) is 0 Å². The number of fused-ring (bicyclic) bond motifs is 1. The molecule has 3 aromatic rings. The Morgan fingerprint density at radius 3 is 2.19 bits per heavy atom. The van der Waals surface area contributed by atoms with Crippen molar-refractivity contribution in [2.45, 2.75) is 60.4 Å². The van der Waals surface area contributed by atoms with Gasteiger partial charge >= 0.3 is 0 Å². The van der Waals surface area contributed by atoms with Gasteiger partial charge < -0.3 is 0 Å². The minimum absolute atomic E-state index is 0.153. The highest BCUT2D eigenvalue weighted by molar-refractivity contribution is 6.08. The molecule has 0 heterocycles. The Hall–Kier alpha value is -3.14. The maximum atomic E-state index is 13.8. The molecule has 0 bridgehead atoms. The highest BCUT2D eigenvalue weighted by atomic mass is 16.2. The van der Waals surface area contributed by atoms with Gasteiger partial charge in [0.1, 0.15) is 0 Å². The number of hydrazine groups is 1. The molecular formula is C28H34N2O2. The lowest BCUT2D eigenvalue weighted by molar-refractivity contribution is 0.0271. The molecule has 0 aliphatic rings. The predicted molar refractivity (Wildman–Crippen MR) is 132 cm³/mol. The van der Waals surface area contributed by atoms with Gasteiger partial charge in [0, 0.05) is 11.1 Å². The number of nitrogens with one attached hydrogen (secondary N) is 1. The molecule has 0 unspecified atom stereocenters. The maximum Gasteiger partial charge on any atom is 0.272 e. The lowest BCUT2D eigenvalue weighted by Crippen LogP contribution is -2.56. The number of amides is 2. The lowest BCUT2D eigenvalue weighted by Gasteiger charge is -2.40. The SMILES string of the molecule is CCC[C@@H](N(NC(=O)c1cccc2ccccc12)C(=O)c1cc(C)cc(C)c1)C(C)(C)C. The predicted octanol–water partition coefficient (Wildman–Crippen LogP) is 6.46. The highest BCUT2D eigenvalue weighted by Gasteiger charge is 2.35. The largest absolute Gasteiger partial charge is 0.272 e. The van der Waals surface area contributed by atoms with E-state index in [0.29, 0.717) is 11.1 Å². The molecule has 0 radical (unpaired) electrons. The van der Waals surface area contributed by atoms with Crippen LogP contribution < -0.4 is 5.43 Å². The fourth-order valence-corrected chi connectivity index (χ4v) is 4.32. The van der Waals surface area contributed by atoms with Crippen molar-refractivity contribution in [2.24, 2.45) is 5.41 Å². The smallest absolute Gasteiger partial charge is 0.267 e. The fraction of sp³-hybridized carbons (Fsp3) is 0.357. The number of hydrogen-bond acceptors (Lipinski definition) is 2. The zero-order valence-electron chi connectivity index (χ0n) is 20.0. The van der Waals surface area contributed by atoms with Gasteiger partial charge in [-0.2, -0.15) is 0 Å². The second kappa shape index (κ2) is 9.56. The van der Waals surface area contributed by atoms with E-state index >= 15 is 0 Å². The summed E-state index contributed by atoms with van der Waals surface area (Å²) < 4.78 is 0. The normalized spacial score (nSPS) is 12.4. The molecule has 4 heteroatoms. The molecule has 2 amide bonds. The average Bonchev–Trinajstić information content (AvgIpc) is 2.73. The number of rotatable bonds is 5. The summed E-state index contributed by atoms with van der Waals surface area (Å²) >= 11 is 0. The standard InChI is InChI=1S/C28H34N2O2/c1-7-11-25(28(4,5)6)30(27(32)22-17-19(2)16-20(3)18-22)29-26(31)24-15-10-13-21-12-8-9-14-23(21)24/h8-10,12-18,25H,7,11H2,1-6H3,(H,29,31)/t25-/m1/s1. The van der Waals surface area contributed by atoms with Gasteiger partial charge in [0.25, 0.3) is 11.8 Å². The van der Waals surface area contributed by atoms with Crippen molar-refractivity contribution < 1.29 is 9.59 Å². The van der Waals surface area contributed by atoms with E-state index in [1.54, 1.807) is 5.01 Å². The molecule has 3 rings (SSSR count). The summed E-state index contributed by atoms with van der Waals surface area (Å²) in [6, 6.07) is 19.1. The zero-order valence-corrected chi connectivity index (χ0v) is 20.0. The quantitative estimate of drug-likeness (QED) is 0.472. The van der Waals surface area contributed by atoms with Gasteiger partial charge in [-0.3, -0.25) is 15.0 Å². The third kappa shape index (κ3) is 5.18. The Kier molecular flexibility index (Phi) is 7.02. The topological polar surface area (TPSA) is 49.4 Å². The van der Waals surface area contributed by atoms with Crippen molar-refractivity contribution in [2.75, 3.05) is 0 Å². The number of nitrogens with zero attached hydrogens (tertiary/aromatic N) is 1. The van der Waals surface area contributed by atoms with Crippen LogP contribution in [-0.4, -0.2) is 22.9 Å². The van der Waals surface area contributed by atoms with Gasteiger partial charge in [-0.25, -0.2) is 5.01 Å². The summed E-state index contributed by atoms with van der Waals surface area (Å²) in [5, 5.41) is 3.43. The number of aryl methyl sites for hydroxylation is 2. The third-order valence-corrected chi connectivity index (χ3v) is 5.82. The summed E-state index contributed by atoms with van der Waals surface area (Å²) in [7, 11) is 0. The Balaban J connectivity index is 2.05. The molecule has 168 valence electrons. The van der Waals surface area contributed by atoms with Crippen LogP contribution in [0.2, 0.25) is 0 Å².